The third kappa shape index (κ3) is 5.29. The smallest absolute Gasteiger partial charge is 0.392 e. The lowest BCUT2D eigenvalue weighted by atomic mass is 10.0. The van der Waals surface area contributed by atoms with Crippen LogP contribution in [0.2, 0.25) is 0 Å². The molecule has 9 nitrogen and oxygen atoms in total. The number of fused-ring (bicyclic) bond motifs is 1. The summed E-state index contributed by atoms with van der Waals surface area (Å²) in [4.78, 5) is 19.1. The molecule has 1 atom stereocenters. The highest BCUT2D eigenvalue weighted by atomic mass is 19.4. The molecular formula is C27H26F4N6O3. The van der Waals surface area contributed by atoms with Crippen LogP contribution in [0.15, 0.2) is 55.0 Å². The summed E-state index contributed by atoms with van der Waals surface area (Å²) in [6.07, 6.45) is -0.890. The average Bonchev–Trinajstić information content (AvgIpc) is 3.52. The molecule has 13 heteroatoms. The topological polar surface area (TPSA) is 97.4 Å². The number of aromatic nitrogens is 4. The molecular weight excluding hydrogens is 532 g/mol. The number of aryl methyl sites for hydroxylation is 1. The fraction of sp³-hybridized carbons (Fsp3) is 0.296. The van der Waals surface area contributed by atoms with Crippen LogP contribution in [0.4, 0.5) is 29.2 Å². The number of halogens is 4. The van der Waals surface area contributed by atoms with Crippen LogP contribution in [0.25, 0.3) is 11.1 Å². The van der Waals surface area contributed by atoms with Crippen LogP contribution >= 0.6 is 0 Å². The van der Waals surface area contributed by atoms with Gasteiger partial charge in [0.2, 0.25) is 0 Å². The number of anilines is 2. The van der Waals surface area contributed by atoms with E-state index in [9.17, 15) is 27.5 Å². The van der Waals surface area contributed by atoms with E-state index in [1.807, 2.05) is 0 Å². The molecule has 0 radical (unpaired) electrons. The molecule has 0 unspecified atom stereocenters. The van der Waals surface area contributed by atoms with Crippen LogP contribution < -0.4 is 5.32 Å². The lowest BCUT2D eigenvalue weighted by Gasteiger charge is -2.36. The van der Waals surface area contributed by atoms with E-state index in [0.29, 0.717) is 16.9 Å². The van der Waals surface area contributed by atoms with Crippen molar-refractivity contribution in [3.05, 3.63) is 83.2 Å². The van der Waals surface area contributed by atoms with Crippen LogP contribution in [0.1, 0.15) is 27.2 Å². The van der Waals surface area contributed by atoms with Gasteiger partial charge in [-0.1, -0.05) is 6.07 Å². The van der Waals surface area contributed by atoms with Gasteiger partial charge in [-0.05, 0) is 35.4 Å². The van der Waals surface area contributed by atoms with Gasteiger partial charge in [-0.25, -0.2) is 9.37 Å². The van der Waals surface area contributed by atoms with Crippen molar-refractivity contribution in [2.75, 3.05) is 19.0 Å². The lowest BCUT2D eigenvalue weighted by molar-refractivity contribution is -0.137. The summed E-state index contributed by atoms with van der Waals surface area (Å²) in [5, 5.41) is 16.7. The summed E-state index contributed by atoms with van der Waals surface area (Å²) in [7, 11) is 3.15. The number of hydrogen-bond donors (Lipinski definition) is 2. The number of nitrogens with zero attached hydrogens (tertiary/aromatic N) is 5. The average molecular weight is 559 g/mol. The Morgan fingerprint density at radius 3 is 2.65 bits per heavy atom. The second kappa shape index (κ2) is 10.7. The maximum Gasteiger partial charge on any atom is 0.418 e. The number of aliphatic hydroxyl groups excluding tert-OH is 1. The molecule has 0 spiro atoms. The molecule has 1 amide bonds. The van der Waals surface area contributed by atoms with Crippen molar-refractivity contribution in [1.82, 2.24) is 24.2 Å². The summed E-state index contributed by atoms with van der Waals surface area (Å²) in [5.41, 5.74) is 0.158. The van der Waals surface area contributed by atoms with E-state index in [1.165, 1.54) is 59.4 Å². The fourth-order valence-electron chi connectivity index (χ4n) is 4.86. The quantitative estimate of drug-likeness (QED) is 0.312. The summed E-state index contributed by atoms with van der Waals surface area (Å²) in [6.45, 7) is 0.0307. The predicted octanol–water partition coefficient (Wildman–Crippen LogP) is 4.35. The molecule has 40 heavy (non-hydrogen) atoms. The number of benzene rings is 1. The van der Waals surface area contributed by atoms with Gasteiger partial charge < -0.3 is 24.6 Å². The highest BCUT2D eigenvalue weighted by molar-refractivity contribution is 5.95. The monoisotopic (exact) mass is 558 g/mol. The van der Waals surface area contributed by atoms with Crippen molar-refractivity contribution < 1.29 is 32.2 Å². The first kappa shape index (κ1) is 27.3. The summed E-state index contributed by atoms with van der Waals surface area (Å²) >= 11 is 0. The second-order valence-electron chi connectivity index (χ2n) is 9.46. The van der Waals surface area contributed by atoms with Gasteiger partial charge in [0.1, 0.15) is 23.1 Å². The normalized spacial score (nSPS) is 15.4. The van der Waals surface area contributed by atoms with Crippen molar-refractivity contribution in [3.63, 3.8) is 0 Å². The van der Waals surface area contributed by atoms with Gasteiger partial charge in [-0.15, -0.1) is 0 Å². The molecule has 0 aliphatic carbocycles. The van der Waals surface area contributed by atoms with Gasteiger partial charge in [0, 0.05) is 56.8 Å². The van der Waals surface area contributed by atoms with Gasteiger partial charge in [-0.2, -0.15) is 18.3 Å². The molecule has 5 rings (SSSR count). The number of aliphatic hydroxyl groups is 1. The minimum atomic E-state index is -4.69. The summed E-state index contributed by atoms with van der Waals surface area (Å²) in [5.74, 6) is -0.270. The largest absolute Gasteiger partial charge is 0.418 e. The van der Waals surface area contributed by atoms with Crippen LogP contribution in [0.5, 0.6) is 0 Å². The zero-order valence-electron chi connectivity index (χ0n) is 21.6. The summed E-state index contributed by atoms with van der Waals surface area (Å²) in [6, 6.07) is 7.79. The number of hydrogen-bond acceptors (Lipinski definition) is 6. The van der Waals surface area contributed by atoms with Crippen molar-refractivity contribution >= 4 is 17.5 Å². The third-order valence-electron chi connectivity index (χ3n) is 6.86. The van der Waals surface area contributed by atoms with Crippen LogP contribution in [-0.2, 0) is 37.7 Å². The van der Waals surface area contributed by atoms with Crippen LogP contribution in [-0.4, -0.2) is 55.0 Å². The van der Waals surface area contributed by atoms with E-state index in [-0.39, 0.29) is 48.9 Å². The number of nitrogens with one attached hydrogen (secondary N) is 1. The number of carbonyl (C=O) groups excluding carboxylic acids is 1. The summed E-state index contributed by atoms with van der Waals surface area (Å²) < 4.78 is 64.5. The second-order valence-corrected chi connectivity index (χ2v) is 9.46. The van der Waals surface area contributed by atoms with Gasteiger partial charge in [0.15, 0.2) is 0 Å². The van der Waals surface area contributed by atoms with E-state index in [1.54, 1.807) is 17.7 Å². The zero-order chi connectivity index (χ0) is 28.6. The Labute approximate surface area is 226 Å². The molecule has 4 heterocycles. The number of pyridine rings is 1. The van der Waals surface area contributed by atoms with Gasteiger partial charge in [0.25, 0.3) is 5.91 Å². The first-order valence-electron chi connectivity index (χ1n) is 12.3. The predicted molar refractivity (Wildman–Crippen MR) is 137 cm³/mol. The van der Waals surface area contributed by atoms with Crippen molar-refractivity contribution in [1.29, 1.82) is 0 Å². The minimum Gasteiger partial charge on any atom is -0.392 e. The SMILES string of the molecule is COC[C@H]1Cn2cc(-c3cc(Nc4ccnn4C)ncc3C(F)(F)F)cc2C(=O)N1Cc1cc(F)ccc1CO. The van der Waals surface area contributed by atoms with E-state index >= 15 is 0 Å². The molecule has 1 aliphatic rings. The standard InChI is InChI=1S/C27H26F4N6O3/c1-35-25(5-6-33-35)34-24-9-21(22(10-32-24)27(29,30)31)18-8-23-26(39)37(20(15-40-2)13-36(23)11-18)12-17-7-19(28)4-3-16(17)14-38/h3-11,20,38H,12-15H2,1-2H3,(H,32,34)/t20-/m1/s1. The maximum absolute atomic E-state index is 14.0. The third-order valence-corrected chi connectivity index (χ3v) is 6.86. The first-order valence-corrected chi connectivity index (χ1v) is 12.3. The molecule has 1 aliphatic heterocycles. The number of methoxy groups -OCH3 is 1. The van der Waals surface area contributed by atoms with Crippen LogP contribution in [0.3, 0.4) is 0 Å². The minimum absolute atomic E-state index is 0.0111. The molecule has 0 bridgehead atoms. The molecule has 210 valence electrons. The number of amides is 1. The Bertz CT molecular complexity index is 1550. The Balaban J connectivity index is 1.54. The molecule has 1 aromatic carbocycles. The van der Waals surface area contributed by atoms with Gasteiger partial charge >= 0.3 is 6.18 Å². The number of carbonyl (C=O) groups is 1. The first-order chi connectivity index (χ1) is 19.1. The molecule has 2 N–H and O–H groups in total. The molecule has 0 saturated carbocycles. The highest BCUT2D eigenvalue weighted by Crippen LogP contribution is 2.39. The Hall–Kier alpha value is -4.23. The number of rotatable bonds is 8. The molecule has 4 aromatic rings. The van der Waals surface area contributed by atoms with Gasteiger partial charge in [-0.3, -0.25) is 9.48 Å². The highest BCUT2D eigenvalue weighted by Gasteiger charge is 2.37. The molecule has 3 aromatic heterocycles. The van der Waals surface area contributed by atoms with E-state index in [0.717, 1.165) is 6.20 Å². The van der Waals surface area contributed by atoms with Gasteiger partial charge in [0.05, 0.1) is 31.0 Å². The van der Waals surface area contributed by atoms with Crippen molar-refractivity contribution in [2.24, 2.45) is 7.05 Å². The van der Waals surface area contributed by atoms with Crippen molar-refractivity contribution in [3.8, 4) is 11.1 Å². The number of alkyl halides is 3. The zero-order valence-corrected chi connectivity index (χ0v) is 21.6. The molecule has 0 fully saturated rings. The van der Waals surface area contributed by atoms with E-state index < -0.39 is 29.5 Å². The Kier molecular flexibility index (Phi) is 7.34. The van der Waals surface area contributed by atoms with E-state index in [2.05, 4.69) is 15.4 Å². The number of ether oxygens (including phenoxy) is 1. The van der Waals surface area contributed by atoms with Crippen LogP contribution in [0, 0.1) is 5.82 Å². The fourth-order valence-corrected chi connectivity index (χ4v) is 4.86. The van der Waals surface area contributed by atoms with Crippen molar-refractivity contribution in [2.45, 2.75) is 31.9 Å². The lowest BCUT2D eigenvalue weighted by Crippen LogP contribution is -2.49. The Morgan fingerprint density at radius 2 is 1.98 bits per heavy atom. The van der Waals surface area contributed by atoms with E-state index in [4.69, 9.17) is 4.74 Å². The maximum atomic E-state index is 14.0. The molecule has 0 saturated heterocycles. The Morgan fingerprint density at radius 1 is 1.18 bits per heavy atom.